The van der Waals surface area contributed by atoms with E-state index in [1.807, 2.05) is 0 Å². The fraction of sp³-hybridized carbons (Fsp3) is 0.800. The van der Waals surface area contributed by atoms with Crippen LogP contribution in [0, 0.1) is 0 Å². The van der Waals surface area contributed by atoms with Gasteiger partial charge >= 0.3 is 6.09 Å². The molecule has 0 spiro atoms. The van der Waals surface area contributed by atoms with Crippen LogP contribution >= 0.6 is 0 Å². The second-order valence-electron chi connectivity index (χ2n) is 2.37. The minimum Gasteiger partial charge on any atom is -0.447 e. The van der Waals surface area contributed by atoms with Crippen LogP contribution in [0.1, 0.15) is 13.8 Å². The Balaban J connectivity index is 3.39. The highest BCUT2D eigenvalue weighted by atomic mass is 16.6. The zero-order valence-corrected chi connectivity index (χ0v) is 5.51. The van der Waals surface area contributed by atoms with Crippen molar-refractivity contribution in [3.8, 4) is 0 Å². The standard InChI is InChI=1S/C5H10NO3/c1-5(2,8)3-9-4(6)7/h3H2,1-2H3,(H2,6,7). The van der Waals surface area contributed by atoms with Crippen molar-refractivity contribution in [2.45, 2.75) is 19.4 Å². The summed E-state index contributed by atoms with van der Waals surface area (Å²) in [4.78, 5) is 9.91. The van der Waals surface area contributed by atoms with Crippen LogP contribution < -0.4 is 5.73 Å². The van der Waals surface area contributed by atoms with Crippen molar-refractivity contribution in [2.75, 3.05) is 6.61 Å². The van der Waals surface area contributed by atoms with Gasteiger partial charge in [-0.2, -0.15) is 0 Å². The molecule has 0 aromatic carbocycles. The van der Waals surface area contributed by atoms with E-state index < -0.39 is 11.7 Å². The third-order valence-corrected chi connectivity index (χ3v) is 0.562. The van der Waals surface area contributed by atoms with Gasteiger partial charge in [0.2, 0.25) is 0 Å². The van der Waals surface area contributed by atoms with Crippen molar-refractivity contribution < 1.29 is 14.6 Å². The van der Waals surface area contributed by atoms with Crippen molar-refractivity contribution in [1.29, 1.82) is 0 Å². The van der Waals surface area contributed by atoms with E-state index in [1.54, 1.807) is 0 Å². The molecule has 0 rings (SSSR count). The van der Waals surface area contributed by atoms with Crippen molar-refractivity contribution in [3.05, 3.63) is 0 Å². The van der Waals surface area contributed by atoms with Crippen LogP contribution in [0.2, 0.25) is 0 Å². The molecule has 0 heterocycles. The average molecular weight is 132 g/mol. The summed E-state index contributed by atoms with van der Waals surface area (Å²) in [6.45, 7) is 2.65. The van der Waals surface area contributed by atoms with E-state index in [9.17, 15) is 9.90 Å². The highest BCUT2D eigenvalue weighted by molar-refractivity contribution is 5.64. The molecule has 0 unspecified atom stereocenters. The first-order chi connectivity index (χ1) is 3.92. The summed E-state index contributed by atoms with van der Waals surface area (Å²) in [7, 11) is 0. The van der Waals surface area contributed by atoms with Gasteiger partial charge in [0.15, 0.2) is 0 Å². The third kappa shape index (κ3) is 7.23. The van der Waals surface area contributed by atoms with Gasteiger partial charge in [-0.1, -0.05) is 0 Å². The summed E-state index contributed by atoms with van der Waals surface area (Å²) < 4.78 is 4.23. The van der Waals surface area contributed by atoms with E-state index in [0.29, 0.717) is 0 Å². The van der Waals surface area contributed by atoms with Crippen molar-refractivity contribution in [3.63, 3.8) is 0 Å². The van der Waals surface area contributed by atoms with Crippen molar-refractivity contribution in [1.82, 2.24) is 0 Å². The van der Waals surface area contributed by atoms with E-state index >= 15 is 0 Å². The molecule has 2 N–H and O–H groups in total. The fourth-order valence-electron chi connectivity index (χ4n) is 0.245. The van der Waals surface area contributed by atoms with Crippen molar-refractivity contribution >= 4 is 6.09 Å². The zero-order valence-electron chi connectivity index (χ0n) is 5.51. The average Bonchev–Trinajstić information content (AvgIpc) is 1.59. The number of nitrogens with two attached hydrogens (primary N) is 1. The fourth-order valence-corrected chi connectivity index (χ4v) is 0.245. The molecule has 0 saturated heterocycles. The lowest BCUT2D eigenvalue weighted by Gasteiger charge is -2.12. The van der Waals surface area contributed by atoms with Crippen molar-refractivity contribution in [2.24, 2.45) is 5.73 Å². The number of hydrogen-bond donors (Lipinski definition) is 1. The number of carbonyl (C=O) groups excluding carboxylic acids is 1. The SMILES string of the molecule is CC(C)([O])COC(N)=O. The molecule has 4 heteroatoms. The Morgan fingerprint density at radius 3 is 2.22 bits per heavy atom. The molecule has 0 aliphatic rings. The Hall–Kier alpha value is -0.770. The number of primary amides is 1. The van der Waals surface area contributed by atoms with Gasteiger partial charge in [-0.25, -0.2) is 9.90 Å². The minimum atomic E-state index is -1.24. The van der Waals surface area contributed by atoms with Crippen LogP contribution in [0.25, 0.3) is 0 Å². The maximum atomic E-state index is 10.7. The van der Waals surface area contributed by atoms with Crippen LogP contribution in [0.15, 0.2) is 0 Å². The first kappa shape index (κ1) is 8.23. The second-order valence-corrected chi connectivity index (χ2v) is 2.37. The lowest BCUT2D eigenvalue weighted by molar-refractivity contribution is -0.0436. The Labute approximate surface area is 53.6 Å². The minimum absolute atomic E-state index is 0.178. The van der Waals surface area contributed by atoms with Crippen LogP contribution in [-0.2, 0) is 9.84 Å². The number of amides is 1. The molecule has 0 aromatic heterocycles. The van der Waals surface area contributed by atoms with E-state index in [2.05, 4.69) is 10.5 Å². The van der Waals surface area contributed by atoms with E-state index in [1.165, 1.54) is 13.8 Å². The van der Waals surface area contributed by atoms with E-state index in [0.717, 1.165) is 0 Å². The molecule has 4 nitrogen and oxygen atoms in total. The van der Waals surface area contributed by atoms with Gasteiger partial charge in [0, 0.05) is 0 Å². The Morgan fingerprint density at radius 1 is 1.67 bits per heavy atom. The Morgan fingerprint density at radius 2 is 2.11 bits per heavy atom. The van der Waals surface area contributed by atoms with Crippen LogP contribution in [0.3, 0.4) is 0 Å². The van der Waals surface area contributed by atoms with Gasteiger partial charge in [-0.05, 0) is 13.8 Å². The molecule has 53 valence electrons. The Kier molecular flexibility index (Phi) is 2.45. The predicted molar refractivity (Wildman–Crippen MR) is 30.3 cm³/mol. The van der Waals surface area contributed by atoms with Crippen LogP contribution in [0.4, 0.5) is 4.79 Å². The molecule has 0 aliphatic carbocycles. The zero-order chi connectivity index (χ0) is 7.49. The molecule has 0 saturated carbocycles. The molecule has 1 radical (unpaired) electrons. The largest absolute Gasteiger partial charge is 0.447 e. The summed E-state index contributed by atoms with van der Waals surface area (Å²) in [6, 6.07) is 0. The topological polar surface area (TPSA) is 72.2 Å². The van der Waals surface area contributed by atoms with Gasteiger partial charge in [-0.15, -0.1) is 0 Å². The summed E-state index contributed by atoms with van der Waals surface area (Å²) in [5.74, 6) is 0. The summed E-state index contributed by atoms with van der Waals surface area (Å²) >= 11 is 0. The molecular weight excluding hydrogens is 122 g/mol. The molecule has 0 fully saturated rings. The Bertz CT molecular complexity index is 105. The lowest BCUT2D eigenvalue weighted by atomic mass is 10.2. The van der Waals surface area contributed by atoms with Gasteiger partial charge in [0.25, 0.3) is 0 Å². The smallest absolute Gasteiger partial charge is 0.404 e. The first-order valence-electron chi connectivity index (χ1n) is 2.54. The van der Waals surface area contributed by atoms with Crippen LogP contribution in [-0.4, -0.2) is 18.3 Å². The molecule has 0 bridgehead atoms. The maximum absolute atomic E-state index is 10.7. The summed E-state index contributed by atoms with van der Waals surface area (Å²) in [5.41, 5.74) is 3.36. The maximum Gasteiger partial charge on any atom is 0.404 e. The number of carbonyl (C=O) groups is 1. The van der Waals surface area contributed by atoms with Gasteiger partial charge in [-0.3, -0.25) is 0 Å². The first-order valence-corrected chi connectivity index (χ1v) is 2.54. The second kappa shape index (κ2) is 2.68. The van der Waals surface area contributed by atoms with Crippen LogP contribution in [0.5, 0.6) is 0 Å². The third-order valence-electron chi connectivity index (χ3n) is 0.562. The number of ether oxygens (including phenoxy) is 1. The quantitative estimate of drug-likeness (QED) is 0.586. The molecule has 1 amide bonds. The predicted octanol–water partition coefficient (Wildman–Crippen LogP) is 0.291. The molecule has 0 aromatic rings. The summed E-state index contributed by atoms with van der Waals surface area (Å²) in [6.07, 6.45) is -0.904. The number of hydrogen-bond acceptors (Lipinski definition) is 2. The molecule has 0 aliphatic heterocycles. The molecule has 9 heavy (non-hydrogen) atoms. The number of rotatable bonds is 2. The monoisotopic (exact) mass is 132 g/mol. The van der Waals surface area contributed by atoms with E-state index in [4.69, 9.17) is 0 Å². The van der Waals surface area contributed by atoms with Gasteiger partial charge in [0.05, 0.1) is 0 Å². The van der Waals surface area contributed by atoms with E-state index in [-0.39, 0.29) is 6.61 Å². The van der Waals surface area contributed by atoms with Gasteiger partial charge < -0.3 is 10.5 Å². The molecule has 0 atom stereocenters. The van der Waals surface area contributed by atoms with Gasteiger partial charge in [0.1, 0.15) is 12.2 Å². The lowest BCUT2D eigenvalue weighted by Crippen LogP contribution is -2.28. The highest BCUT2D eigenvalue weighted by Gasteiger charge is 2.16. The summed E-state index contributed by atoms with van der Waals surface area (Å²) in [5, 5.41) is 10.7. The highest BCUT2D eigenvalue weighted by Crippen LogP contribution is 2.01. The molecular formula is C5H10NO3. The normalized spacial score (nSPS) is 11.0.